The number of hydrogen-bond donors (Lipinski definition) is 2. The number of hydrazone groups is 1. The SMILES string of the molecule is Cc1cc(/C=N\Nc2ncc(F)c(N3CCOCC3)n2)c(O)c(Cl)c1C. The summed E-state index contributed by atoms with van der Waals surface area (Å²) in [5.74, 6) is -0.189. The predicted octanol–water partition coefficient (Wildman–Crippen LogP) is 2.87. The maximum absolute atomic E-state index is 14.0. The fraction of sp³-hybridized carbons (Fsp3) is 0.353. The van der Waals surface area contributed by atoms with Crippen LogP contribution < -0.4 is 10.3 Å². The van der Waals surface area contributed by atoms with Crippen LogP contribution in [0.2, 0.25) is 5.02 Å². The van der Waals surface area contributed by atoms with Gasteiger partial charge in [0.1, 0.15) is 5.75 Å². The number of phenols is 1. The van der Waals surface area contributed by atoms with Crippen LogP contribution in [0.4, 0.5) is 16.2 Å². The van der Waals surface area contributed by atoms with E-state index in [2.05, 4.69) is 20.5 Å². The Hall–Kier alpha value is -2.45. The van der Waals surface area contributed by atoms with Crippen LogP contribution in [0.5, 0.6) is 5.75 Å². The number of nitrogens with zero attached hydrogens (tertiary/aromatic N) is 4. The fourth-order valence-corrected chi connectivity index (χ4v) is 2.81. The van der Waals surface area contributed by atoms with E-state index in [-0.39, 0.29) is 17.5 Å². The molecule has 0 spiro atoms. The molecule has 0 atom stereocenters. The number of ether oxygens (including phenoxy) is 1. The zero-order valence-electron chi connectivity index (χ0n) is 14.5. The van der Waals surface area contributed by atoms with Gasteiger partial charge in [-0.2, -0.15) is 10.1 Å². The van der Waals surface area contributed by atoms with E-state index in [1.165, 1.54) is 6.21 Å². The molecule has 0 amide bonds. The van der Waals surface area contributed by atoms with Crippen LogP contribution in [0.25, 0.3) is 0 Å². The van der Waals surface area contributed by atoms with E-state index in [4.69, 9.17) is 16.3 Å². The van der Waals surface area contributed by atoms with Gasteiger partial charge in [-0.3, -0.25) is 0 Å². The Kier molecular flexibility index (Phi) is 5.53. The highest BCUT2D eigenvalue weighted by Crippen LogP contribution is 2.32. The Morgan fingerprint density at radius 1 is 1.38 bits per heavy atom. The lowest BCUT2D eigenvalue weighted by Gasteiger charge is -2.27. The van der Waals surface area contributed by atoms with Gasteiger partial charge in [0.2, 0.25) is 5.95 Å². The van der Waals surface area contributed by atoms with Crippen molar-refractivity contribution in [3.8, 4) is 5.75 Å². The highest BCUT2D eigenvalue weighted by atomic mass is 35.5. The van der Waals surface area contributed by atoms with Crippen LogP contribution in [-0.2, 0) is 4.74 Å². The molecule has 138 valence electrons. The number of aromatic nitrogens is 2. The van der Waals surface area contributed by atoms with E-state index in [1.54, 1.807) is 11.0 Å². The topological polar surface area (TPSA) is 82.9 Å². The smallest absolute Gasteiger partial charge is 0.245 e. The summed E-state index contributed by atoms with van der Waals surface area (Å²) in [5.41, 5.74) is 4.85. The van der Waals surface area contributed by atoms with Crippen molar-refractivity contribution in [1.82, 2.24) is 9.97 Å². The van der Waals surface area contributed by atoms with Gasteiger partial charge in [0.25, 0.3) is 0 Å². The molecule has 0 unspecified atom stereocenters. The summed E-state index contributed by atoms with van der Waals surface area (Å²) in [6.45, 7) is 5.89. The van der Waals surface area contributed by atoms with Crippen molar-refractivity contribution < 1.29 is 14.2 Å². The molecular formula is C17H19ClFN5O2. The van der Waals surface area contributed by atoms with Crippen molar-refractivity contribution in [3.05, 3.63) is 39.8 Å². The molecule has 1 fully saturated rings. The third-order valence-electron chi connectivity index (χ3n) is 4.18. The molecule has 1 aromatic carbocycles. The largest absolute Gasteiger partial charge is 0.506 e. The molecule has 7 nitrogen and oxygen atoms in total. The lowest BCUT2D eigenvalue weighted by Crippen LogP contribution is -2.37. The number of benzene rings is 1. The second-order valence-corrected chi connectivity index (χ2v) is 6.28. The quantitative estimate of drug-likeness (QED) is 0.628. The van der Waals surface area contributed by atoms with E-state index in [0.717, 1.165) is 17.3 Å². The normalized spacial score (nSPS) is 14.8. The zero-order chi connectivity index (χ0) is 18.7. The minimum Gasteiger partial charge on any atom is -0.506 e. The van der Waals surface area contributed by atoms with E-state index >= 15 is 0 Å². The third-order valence-corrected chi connectivity index (χ3v) is 4.64. The van der Waals surface area contributed by atoms with Crippen molar-refractivity contribution >= 4 is 29.6 Å². The summed E-state index contributed by atoms with van der Waals surface area (Å²) in [7, 11) is 0. The summed E-state index contributed by atoms with van der Waals surface area (Å²) in [4.78, 5) is 9.84. The van der Waals surface area contributed by atoms with E-state index in [0.29, 0.717) is 36.9 Å². The Morgan fingerprint density at radius 3 is 2.85 bits per heavy atom. The minimum absolute atomic E-state index is 0.0469. The number of rotatable bonds is 4. The number of aryl methyl sites for hydroxylation is 1. The third kappa shape index (κ3) is 3.86. The Morgan fingerprint density at radius 2 is 2.12 bits per heavy atom. The molecule has 1 aliphatic rings. The first kappa shape index (κ1) is 18.3. The number of phenolic OH excluding ortho intramolecular Hbond substituents is 1. The van der Waals surface area contributed by atoms with Crippen molar-refractivity contribution in [2.75, 3.05) is 36.6 Å². The molecule has 0 saturated carbocycles. The van der Waals surface area contributed by atoms with Gasteiger partial charge >= 0.3 is 0 Å². The van der Waals surface area contributed by atoms with Gasteiger partial charge in [-0.15, -0.1) is 0 Å². The van der Waals surface area contributed by atoms with Crippen molar-refractivity contribution in [1.29, 1.82) is 0 Å². The Bertz CT molecular complexity index is 840. The molecule has 1 aliphatic heterocycles. The Labute approximate surface area is 155 Å². The second kappa shape index (κ2) is 7.84. The predicted molar refractivity (Wildman–Crippen MR) is 98.8 cm³/mol. The van der Waals surface area contributed by atoms with Crippen molar-refractivity contribution in [2.24, 2.45) is 5.10 Å². The van der Waals surface area contributed by atoms with Gasteiger partial charge in [-0.25, -0.2) is 14.8 Å². The molecule has 3 rings (SSSR count). The van der Waals surface area contributed by atoms with Crippen molar-refractivity contribution in [3.63, 3.8) is 0 Å². The molecule has 0 radical (unpaired) electrons. The van der Waals surface area contributed by atoms with Crippen LogP contribution in [0.1, 0.15) is 16.7 Å². The Balaban J connectivity index is 1.77. The first-order chi connectivity index (χ1) is 12.5. The maximum Gasteiger partial charge on any atom is 0.245 e. The molecule has 26 heavy (non-hydrogen) atoms. The number of morpholine rings is 1. The average molecular weight is 380 g/mol. The van der Waals surface area contributed by atoms with Crippen LogP contribution >= 0.6 is 11.6 Å². The van der Waals surface area contributed by atoms with Gasteiger partial charge in [0.05, 0.1) is 30.6 Å². The summed E-state index contributed by atoms with van der Waals surface area (Å²) in [5, 5.41) is 14.4. The first-order valence-electron chi connectivity index (χ1n) is 8.10. The van der Waals surface area contributed by atoms with E-state index in [9.17, 15) is 9.50 Å². The maximum atomic E-state index is 14.0. The molecule has 2 heterocycles. The molecule has 2 N–H and O–H groups in total. The van der Waals surface area contributed by atoms with Gasteiger partial charge in [0.15, 0.2) is 11.6 Å². The molecule has 2 aromatic rings. The minimum atomic E-state index is -0.500. The molecule has 9 heteroatoms. The highest BCUT2D eigenvalue weighted by molar-refractivity contribution is 6.33. The first-order valence-corrected chi connectivity index (χ1v) is 8.48. The second-order valence-electron chi connectivity index (χ2n) is 5.90. The van der Waals surface area contributed by atoms with Crippen LogP contribution in [-0.4, -0.2) is 47.6 Å². The molecule has 1 aromatic heterocycles. The standard InChI is InChI=1S/C17H19ClFN5O2/c1-10-7-12(15(25)14(18)11(10)2)8-21-23-17-20-9-13(19)16(22-17)24-3-5-26-6-4-24/h7-9,25H,3-6H2,1-2H3,(H,20,22,23)/b21-8-. The lowest BCUT2D eigenvalue weighted by atomic mass is 10.1. The highest BCUT2D eigenvalue weighted by Gasteiger charge is 2.17. The number of hydrogen-bond acceptors (Lipinski definition) is 7. The molecule has 1 saturated heterocycles. The lowest BCUT2D eigenvalue weighted by molar-refractivity contribution is 0.122. The number of anilines is 2. The number of halogens is 2. The van der Waals surface area contributed by atoms with Gasteiger partial charge in [-0.1, -0.05) is 11.6 Å². The average Bonchev–Trinajstić information content (AvgIpc) is 2.66. The molecule has 0 aliphatic carbocycles. The summed E-state index contributed by atoms with van der Waals surface area (Å²) in [6, 6.07) is 1.77. The number of aromatic hydroxyl groups is 1. The zero-order valence-corrected chi connectivity index (χ0v) is 15.2. The summed E-state index contributed by atoms with van der Waals surface area (Å²) in [6.07, 6.45) is 2.51. The van der Waals surface area contributed by atoms with E-state index in [1.807, 2.05) is 13.8 Å². The number of nitrogens with one attached hydrogen (secondary N) is 1. The van der Waals surface area contributed by atoms with Gasteiger partial charge in [-0.05, 0) is 31.0 Å². The van der Waals surface area contributed by atoms with Crippen LogP contribution in [0, 0.1) is 19.7 Å². The summed E-state index contributed by atoms with van der Waals surface area (Å²) >= 11 is 6.09. The van der Waals surface area contributed by atoms with E-state index < -0.39 is 5.82 Å². The molecular weight excluding hydrogens is 361 g/mol. The van der Waals surface area contributed by atoms with Crippen LogP contribution in [0.15, 0.2) is 17.4 Å². The summed E-state index contributed by atoms with van der Waals surface area (Å²) < 4.78 is 19.3. The van der Waals surface area contributed by atoms with Crippen LogP contribution in [0.3, 0.4) is 0 Å². The monoisotopic (exact) mass is 379 g/mol. The van der Waals surface area contributed by atoms with Gasteiger partial charge in [0, 0.05) is 18.7 Å². The fourth-order valence-electron chi connectivity index (χ4n) is 2.55. The van der Waals surface area contributed by atoms with Gasteiger partial charge < -0.3 is 14.7 Å². The van der Waals surface area contributed by atoms with Crippen molar-refractivity contribution in [2.45, 2.75) is 13.8 Å². The molecule has 0 bridgehead atoms.